The van der Waals surface area contributed by atoms with Gasteiger partial charge in [0.1, 0.15) is 0 Å². The minimum Gasteiger partial charge on any atom is -0.382 e. The highest BCUT2D eigenvalue weighted by Crippen LogP contribution is 2.24. The second-order valence-electron chi connectivity index (χ2n) is 5.62. The van der Waals surface area contributed by atoms with Crippen LogP contribution in [0.15, 0.2) is 23.7 Å². The molecule has 0 bridgehead atoms. The van der Waals surface area contributed by atoms with Gasteiger partial charge in [0.25, 0.3) is 0 Å². The molecule has 0 atom stereocenters. The maximum atomic E-state index is 11.9. The third-order valence-corrected chi connectivity index (χ3v) is 4.64. The summed E-state index contributed by atoms with van der Waals surface area (Å²) >= 11 is 1.66. The molecule has 2 heterocycles. The monoisotopic (exact) mass is 304 g/mol. The zero-order valence-corrected chi connectivity index (χ0v) is 13.2. The molecule has 0 radical (unpaired) electrons. The first-order chi connectivity index (χ1) is 10.1. The standard InChI is InChI=1S/C15H20N4OS/c1-18(2)15(20)19-7-5-11(6-8-19)17-12-3-4-13-14(9-12)21-10-16-13/h3-4,9-11,17H,5-8H2,1-2H3. The number of rotatable bonds is 2. The molecule has 21 heavy (non-hydrogen) atoms. The number of nitrogens with zero attached hydrogens (tertiary/aromatic N) is 3. The van der Waals surface area contributed by atoms with Crippen LogP contribution in [0.25, 0.3) is 10.2 Å². The van der Waals surface area contributed by atoms with Crippen LogP contribution in [0.3, 0.4) is 0 Å². The Morgan fingerprint density at radius 2 is 2.14 bits per heavy atom. The van der Waals surface area contributed by atoms with Crippen LogP contribution in [0.1, 0.15) is 12.8 Å². The van der Waals surface area contributed by atoms with Gasteiger partial charge in [-0.25, -0.2) is 9.78 Å². The number of likely N-dealkylation sites (tertiary alicyclic amines) is 1. The van der Waals surface area contributed by atoms with Gasteiger partial charge in [-0.15, -0.1) is 11.3 Å². The van der Waals surface area contributed by atoms with Gasteiger partial charge >= 0.3 is 6.03 Å². The Morgan fingerprint density at radius 1 is 1.38 bits per heavy atom. The van der Waals surface area contributed by atoms with Crippen molar-refractivity contribution in [1.29, 1.82) is 0 Å². The van der Waals surface area contributed by atoms with E-state index >= 15 is 0 Å². The van der Waals surface area contributed by atoms with Crippen LogP contribution >= 0.6 is 11.3 Å². The smallest absolute Gasteiger partial charge is 0.319 e. The lowest BCUT2D eigenvalue weighted by atomic mass is 10.0. The van der Waals surface area contributed by atoms with Crippen LogP contribution in [-0.2, 0) is 0 Å². The predicted molar refractivity (Wildman–Crippen MR) is 86.9 cm³/mol. The summed E-state index contributed by atoms with van der Waals surface area (Å²) in [5.74, 6) is 0. The predicted octanol–water partition coefficient (Wildman–Crippen LogP) is 2.85. The summed E-state index contributed by atoms with van der Waals surface area (Å²) in [5.41, 5.74) is 4.07. The summed E-state index contributed by atoms with van der Waals surface area (Å²) in [6.07, 6.45) is 1.97. The molecule has 5 nitrogen and oxygen atoms in total. The first kappa shape index (κ1) is 14.1. The molecular weight excluding hydrogens is 284 g/mol. The number of anilines is 1. The Hall–Kier alpha value is -1.82. The molecule has 0 unspecified atom stereocenters. The van der Waals surface area contributed by atoms with E-state index in [0.717, 1.165) is 37.1 Å². The highest BCUT2D eigenvalue weighted by molar-refractivity contribution is 7.16. The van der Waals surface area contributed by atoms with E-state index in [9.17, 15) is 4.79 Å². The number of thiazole rings is 1. The number of carbonyl (C=O) groups is 1. The van der Waals surface area contributed by atoms with Crippen molar-refractivity contribution in [1.82, 2.24) is 14.8 Å². The number of amides is 2. The SMILES string of the molecule is CN(C)C(=O)N1CCC(Nc2ccc3ncsc3c2)CC1. The van der Waals surface area contributed by atoms with Crippen molar-refractivity contribution in [3.63, 3.8) is 0 Å². The molecule has 2 aromatic rings. The van der Waals surface area contributed by atoms with Crippen molar-refractivity contribution in [2.75, 3.05) is 32.5 Å². The second-order valence-corrected chi connectivity index (χ2v) is 6.50. The molecule has 1 saturated heterocycles. The summed E-state index contributed by atoms with van der Waals surface area (Å²) in [5, 5.41) is 3.58. The van der Waals surface area contributed by atoms with Gasteiger partial charge in [0.2, 0.25) is 0 Å². The lowest BCUT2D eigenvalue weighted by Gasteiger charge is -2.34. The Labute approximate surface area is 128 Å². The van der Waals surface area contributed by atoms with Crippen molar-refractivity contribution in [2.24, 2.45) is 0 Å². The molecule has 3 rings (SSSR count). The Morgan fingerprint density at radius 3 is 2.86 bits per heavy atom. The molecule has 1 N–H and O–H groups in total. The number of piperidine rings is 1. The number of nitrogens with one attached hydrogen (secondary N) is 1. The fraction of sp³-hybridized carbons (Fsp3) is 0.467. The first-order valence-electron chi connectivity index (χ1n) is 7.19. The molecule has 112 valence electrons. The van der Waals surface area contributed by atoms with E-state index in [-0.39, 0.29) is 6.03 Å². The molecule has 1 aromatic heterocycles. The van der Waals surface area contributed by atoms with Gasteiger partial charge in [-0.3, -0.25) is 0 Å². The minimum absolute atomic E-state index is 0.111. The van der Waals surface area contributed by atoms with Crippen molar-refractivity contribution >= 4 is 33.3 Å². The van der Waals surface area contributed by atoms with Crippen molar-refractivity contribution in [3.8, 4) is 0 Å². The number of benzene rings is 1. The highest BCUT2D eigenvalue weighted by atomic mass is 32.1. The van der Waals surface area contributed by atoms with Gasteiger partial charge in [0, 0.05) is 38.9 Å². The topological polar surface area (TPSA) is 48.5 Å². The molecule has 2 amide bonds. The van der Waals surface area contributed by atoms with Crippen LogP contribution in [0.2, 0.25) is 0 Å². The number of hydrogen-bond acceptors (Lipinski definition) is 4. The number of urea groups is 1. The summed E-state index contributed by atoms with van der Waals surface area (Å²) in [6.45, 7) is 1.63. The van der Waals surface area contributed by atoms with E-state index < -0.39 is 0 Å². The molecule has 6 heteroatoms. The van der Waals surface area contributed by atoms with Crippen LogP contribution in [0.4, 0.5) is 10.5 Å². The average molecular weight is 304 g/mol. The third kappa shape index (κ3) is 3.10. The van der Waals surface area contributed by atoms with Gasteiger partial charge in [0.15, 0.2) is 0 Å². The fourth-order valence-corrected chi connectivity index (χ4v) is 3.39. The maximum Gasteiger partial charge on any atom is 0.319 e. The molecule has 1 aliphatic heterocycles. The minimum atomic E-state index is 0.111. The second kappa shape index (κ2) is 5.89. The normalized spacial score (nSPS) is 16.2. The highest BCUT2D eigenvalue weighted by Gasteiger charge is 2.23. The largest absolute Gasteiger partial charge is 0.382 e. The zero-order chi connectivity index (χ0) is 14.8. The van der Waals surface area contributed by atoms with E-state index in [0.29, 0.717) is 6.04 Å². The molecule has 1 aliphatic rings. The van der Waals surface area contributed by atoms with Crippen LogP contribution < -0.4 is 5.32 Å². The average Bonchev–Trinajstić information content (AvgIpc) is 2.95. The number of hydrogen-bond donors (Lipinski definition) is 1. The van der Waals surface area contributed by atoms with Crippen molar-refractivity contribution in [3.05, 3.63) is 23.7 Å². The Balaban J connectivity index is 1.58. The van der Waals surface area contributed by atoms with E-state index in [4.69, 9.17) is 0 Å². The number of aromatic nitrogens is 1. The summed E-state index contributed by atoms with van der Waals surface area (Å²) in [4.78, 5) is 19.8. The summed E-state index contributed by atoms with van der Waals surface area (Å²) in [6, 6.07) is 6.84. The molecular formula is C15H20N4OS. The van der Waals surface area contributed by atoms with Crippen LogP contribution in [0, 0.1) is 0 Å². The molecule has 1 aromatic carbocycles. The lowest BCUT2D eigenvalue weighted by Crippen LogP contribution is -2.46. The quantitative estimate of drug-likeness (QED) is 0.928. The molecule has 0 aliphatic carbocycles. The number of carbonyl (C=O) groups excluding carboxylic acids is 1. The summed E-state index contributed by atoms with van der Waals surface area (Å²) < 4.78 is 1.21. The molecule has 0 saturated carbocycles. The van der Waals surface area contributed by atoms with Gasteiger partial charge in [0.05, 0.1) is 15.7 Å². The van der Waals surface area contributed by atoms with E-state index in [1.807, 2.05) is 10.4 Å². The molecule has 0 spiro atoms. The van der Waals surface area contributed by atoms with E-state index in [1.165, 1.54) is 4.70 Å². The molecule has 1 fully saturated rings. The maximum absolute atomic E-state index is 11.9. The lowest BCUT2D eigenvalue weighted by molar-refractivity contribution is 0.158. The van der Waals surface area contributed by atoms with Crippen LogP contribution in [0.5, 0.6) is 0 Å². The van der Waals surface area contributed by atoms with Gasteiger partial charge in [-0.2, -0.15) is 0 Å². The Kier molecular flexibility index (Phi) is 3.96. The fourth-order valence-electron chi connectivity index (χ4n) is 2.68. The van der Waals surface area contributed by atoms with Gasteiger partial charge < -0.3 is 15.1 Å². The Bertz CT molecular complexity index is 631. The van der Waals surface area contributed by atoms with Crippen molar-refractivity contribution in [2.45, 2.75) is 18.9 Å². The van der Waals surface area contributed by atoms with Gasteiger partial charge in [-0.1, -0.05) is 0 Å². The third-order valence-electron chi connectivity index (χ3n) is 3.85. The van der Waals surface area contributed by atoms with E-state index in [2.05, 4.69) is 28.5 Å². The zero-order valence-electron chi connectivity index (χ0n) is 12.4. The first-order valence-corrected chi connectivity index (χ1v) is 8.07. The summed E-state index contributed by atoms with van der Waals surface area (Å²) in [7, 11) is 3.61. The number of fused-ring (bicyclic) bond motifs is 1. The van der Waals surface area contributed by atoms with Crippen LogP contribution in [-0.4, -0.2) is 54.0 Å². The van der Waals surface area contributed by atoms with E-state index in [1.54, 1.807) is 30.3 Å². The van der Waals surface area contributed by atoms with Crippen molar-refractivity contribution < 1.29 is 4.79 Å². The van der Waals surface area contributed by atoms with Gasteiger partial charge in [-0.05, 0) is 31.0 Å².